The molecule has 0 aromatic carbocycles. The summed E-state index contributed by atoms with van der Waals surface area (Å²) in [5.41, 5.74) is 2.15. The van der Waals surface area contributed by atoms with E-state index in [0.29, 0.717) is 0 Å². The standard InChI is InChI=1S/C11H16N4S/c1-8-7-16-11(13-8)9(2)12-6-10-4-5-15(3)14-10/h4-5,7,9,12H,6H2,1-3H3. The Kier molecular flexibility index (Phi) is 3.36. The highest BCUT2D eigenvalue weighted by molar-refractivity contribution is 7.09. The predicted octanol–water partition coefficient (Wildman–Crippen LogP) is 2.04. The molecule has 5 heteroatoms. The molecule has 86 valence electrons. The van der Waals surface area contributed by atoms with Crippen LogP contribution in [-0.4, -0.2) is 14.8 Å². The van der Waals surface area contributed by atoms with Gasteiger partial charge in [0.2, 0.25) is 0 Å². The van der Waals surface area contributed by atoms with Gasteiger partial charge in [0.15, 0.2) is 0 Å². The Bertz CT molecular complexity index is 460. The summed E-state index contributed by atoms with van der Waals surface area (Å²) in [6, 6.07) is 2.30. The Hall–Kier alpha value is -1.20. The molecule has 0 saturated carbocycles. The van der Waals surface area contributed by atoms with E-state index in [1.54, 1.807) is 11.3 Å². The summed E-state index contributed by atoms with van der Waals surface area (Å²) >= 11 is 1.70. The van der Waals surface area contributed by atoms with Crippen molar-refractivity contribution in [2.24, 2.45) is 7.05 Å². The predicted molar refractivity (Wildman–Crippen MR) is 65.3 cm³/mol. The third-order valence-electron chi connectivity index (χ3n) is 2.37. The molecule has 0 fully saturated rings. The lowest BCUT2D eigenvalue weighted by Gasteiger charge is -2.09. The van der Waals surface area contributed by atoms with Gasteiger partial charge in [0.05, 0.1) is 11.7 Å². The first kappa shape index (κ1) is 11.3. The van der Waals surface area contributed by atoms with Crippen LogP contribution >= 0.6 is 11.3 Å². The highest BCUT2D eigenvalue weighted by atomic mass is 32.1. The van der Waals surface area contributed by atoms with E-state index in [9.17, 15) is 0 Å². The van der Waals surface area contributed by atoms with Gasteiger partial charge in [-0.2, -0.15) is 5.10 Å². The molecular formula is C11H16N4S. The first-order chi connectivity index (χ1) is 7.65. The molecule has 0 spiro atoms. The molecule has 0 saturated heterocycles. The lowest BCUT2D eigenvalue weighted by atomic mass is 10.3. The average Bonchev–Trinajstić information content (AvgIpc) is 2.84. The first-order valence-corrected chi connectivity index (χ1v) is 6.17. The minimum Gasteiger partial charge on any atom is -0.302 e. The second-order valence-electron chi connectivity index (χ2n) is 3.91. The Balaban J connectivity index is 1.91. The van der Waals surface area contributed by atoms with E-state index in [-0.39, 0.29) is 6.04 Å². The SMILES string of the molecule is Cc1csc(C(C)NCc2ccn(C)n2)n1. The monoisotopic (exact) mass is 236 g/mol. The normalized spacial score (nSPS) is 12.9. The molecule has 0 aliphatic rings. The van der Waals surface area contributed by atoms with Crippen molar-refractivity contribution in [3.63, 3.8) is 0 Å². The van der Waals surface area contributed by atoms with E-state index < -0.39 is 0 Å². The minimum atomic E-state index is 0.278. The van der Waals surface area contributed by atoms with Crippen LogP contribution in [0.2, 0.25) is 0 Å². The quantitative estimate of drug-likeness (QED) is 0.883. The topological polar surface area (TPSA) is 42.7 Å². The average molecular weight is 236 g/mol. The number of nitrogens with one attached hydrogen (secondary N) is 1. The van der Waals surface area contributed by atoms with E-state index in [0.717, 1.165) is 22.9 Å². The summed E-state index contributed by atoms with van der Waals surface area (Å²) in [4.78, 5) is 4.46. The fourth-order valence-electron chi connectivity index (χ4n) is 1.47. The van der Waals surface area contributed by atoms with Crippen molar-refractivity contribution in [1.29, 1.82) is 0 Å². The van der Waals surface area contributed by atoms with Crippen molar-refractivity contribution in [3.05, 3.63) is 34.0 Å². The molecule has 0 radical (unpaired) electrons. The van der Waals surface area contributed by atoms with E-state index in [1.165, 1.54) is 0 Å². The van der Waals surface area contributed by atoms with Crippen LogP contribution in [0.1, 0.15) is 29.4 Å². The van der Waals surface area contributed by atoms with Crippen LogP contribution in [0, 0.1) is 6.92 Å². The first-order valence-electron chi connectivity index (χ1n) is 5.29. The van der Waals surface area contributed by atoms with Crippen LogP contribution in [0.25, 0.3) is 0 Å². The zero-order chi connectivity index (χ0) is 11.5. The fourth-order valence-corrected chi connectivity index (χ4v) is 2.30. The van der Waals surface area contributed by atoms with E-state index >= 15 is 0 Å². The Morgan fingerprint density at radius 3 is 2.94 bits per heavy atom. The van der Waals surface area contributed by atoms with Gasteiger partial charge in [-0.15, -0.1) is 11.3 Å². The van der Waals surface area contributed by atoms with Crippen LogP contribution in [0.3, 0.4) is 0 Å². The lowest BCUT2D eigenvalue weighted by molar-refractivity contribution is 0.558. The Morgan fingerprint density at radius 1 is 1.56 bits per heavy atom. The second-order valence-corrected chi connectivity index (χ2v) is 4.80. The maximum atomic E-state index is 4.46. The summed E-state index contributed by atoms with van der Waals surface area (Å²) in [6.07, 6.45) is 1.95. The van der Waals surface area contributed by atoms with Gasteiger partial charge in [-0.3, -0.25) is 4.68 Å². The summed E-state index contributed by atoms with van der Waals surface area (Å²) < 4.78 is 1.81. The zero-order valence-electron chi connectivity index (χ0n) is 9.77. The second kappa shape index (κ2) is 4.76. The number of rotatable bonds is 4. The van der Waals surface area contributed by atoms with Gasteiger partial charge in [0.25, 0.3) is 0 Å². The van der Waals surface area contributed by atoms with Crippen molar-refractivity contribution < 1.29 is 0 Å². The van der Waals surface area contributed by atoms with Crippen molar-refractivity contribution in [2.75, 3.05) is 0 Å². The Labute approximate surface area is 99.3 Å². The maximum Gasteiger partial charge on any atom is 0.110 e. The molecule has 0 aliphatic carbocycles. The zero-order valence-corrected chi connectivity index (χ0v) is 10.6. The maximum absolute atomic E-state index is 4.46. The number of aryl methyl sites for hydroxylation is 2. The molecule has 16 heavy (non-hydrogen) atoms. The fraction of sp³-hybridized carbons (Fsp3) is 0.455. The molecule has 0 amide bonds. The summed E-state index contributed by atoms with van der Waals surface area (Å²) in [5, 5.41) is 10.9. The van der Waals surface area contributed by atoms with Gasteiger partial charge < -0.3 is 5.32 Å². The molecule has 1 unspecified atom stereocenters. The molecule has 1 N–H and O–H groups in total. The van der Waals surface area contributed by atoms with Gasteiger partial charge in [0, 0.05) is 30.9 Å². The van der Waals surface area contributed by atoms with Crippen LogP contribution in [0.5, 0.6) is 0 Å². The molecule has 4 nitrogen and oxygen atoms in total. The summed E-state index contributed by atoms with van der Waals surface area (Å²) in [7, 11) is 1.93. The van der Waals surface area contributed by atoms with Crippen molar-refractivity contribution in [1.82, 2.24) is 20.1 Å². The van der Waals surface area contributed by atoms with Crippen LogP contribution in [0.15, 0.2) is 17.6 Å². The third kappa shape index (κ3) is 2.68. The number of thiazole rings is 1. The molecule has 2 rings (SSSR count). The highest BCUT2D eigenvalue weighted by Gasteiger charge is 2.09. The number of hydrogen-bond donors (Lipinski definition) is 1. The number of nitrogens with zero attached hydrogens (tertiary/aromatic N) is 3. The number of hydrogen-bond acceptors (Lipinski definition) is 4. The van der Waals surface area contributed by atoms with Crippen molar-refractivity contribution in [2.45, 2.75) is 26.4 Å². The molecular weight excluding hydrogens is 220 g/mol. The van der Waals surface area contributed by atoms with Gasteiger partial charge in [0.1, 0.15) is 5.01 Å². The molecule has 2 aromatic heterocycles. The van der Waals surface area contributed by atoms with E-state index in [2.05, 4.69) is 27.7 Å². The van der Waals surface area contributed by atoms with E-state index in [4.69, 9.17) is 0 Å². The van der Waals surface area contributed by atoms with E-state index in [1.807, 2.05) is 30.9 Å². The van der Waals surface area contributed by atoms with Gasteiger partial charge in [-0.1, -0.05) is 0 Å². The lowest BCUT2D eigenvalue weighted by Crippen LogP contribution is -2.18. The van der Waals surface area contributed by atoms with Crippen molar-refractivity contribution in [3.8, 4) is 0 Å². The molecule has 1 atom stereocenters. The van der Waals surface area contributed by atoms with Crippen LogP contribution in [-0.2, 0) is 13.6 Å². The molecule has 0 aliphatic heterocycles. The third-order valence-corrected chi connectivity index (χ3v) is 3.51. The summed E-state index contributed by atoms with van der Waals surface area (Å²) in [6.45, 7) is 4.92. The van der Waals surface area contributed by atoms with Gasteiger partial charge in [-0.05, 0) is 19.9 Å². The highest BCUT2D eigenvalue weighted by Crippen LogP contribution is 2.17. The van der Waals surface area contributed by atoms with Crippen LogP contribution < -0.4 is 5.32 Å². The molecule has 2 aromatic rings. The Morgan fingerprint density at radius 2 is 2.38 bits per heavy atom. The van der Waals surface area contributed by atoms with Gasteiger partial charge >= 0.3 is 0 Å². The smallest absolute Gasteiger partial charge is 0.110 e. The van der Waals surface area contributed by atoms with Gasteiger partial charge in [-0.25, -0.2) is 4.98 Å². The molecule has 2 heterocycles. The number of aromatic nitrogens is 3. The largest absolute Gasteiger partial charge is 0.302 e. The van der Waals surface area contributed by atoms with Crippen LogP contribution in [0.4, 0.5) is 0 Å². The van der Waals surface area contributed by atoms with Crippen molar-refractivity contribution >= 4 is 11.3 Å². The molecule has 0 bridgehead atoms. The minimum absolute atomic E-state index is 0.278. The summed E-state index contributed by atoms with van der Waals surface area (Å²) in [5.74, 6) is 0.